The molecular formula is C36H74CaO3. The van der Waals surface area contributed by atoms with Crippen LogP contribution >= 0.6 is 0 Å². The van der Waals surface area contributed by atoms with Gasteiger partial charge in [-0.1, -0.05) is 200 Å². The molecule has 0 atom stereocenters. The third-order valence-electron chi connectivity index (χ3n) is 8.22. The second-order valence-corrected chi connectivity index (χ2v) is 12.3. The molecule has 0 aliphatic carbocycles. The first kappa shape index (κ1) is 42.8. The van der Waals surface area contributed by atoms with Crippen LogP contribution in [0.25, 0.3) is 0 Å². The van der Waals surface area contributed by atoms with E-state index in [-0.39, 0.29) is 46.6 Å². The van der Waals surface area contributed by atoms with Crippen LogP contribution in [0.4, 0.5) is 0 Å². The van der Waals surface area contributed by atoms with Crippen LogP contribution in [-0.4, -0.2) is 50.3 Å². The third-order valence-corrected chi connectivity index (χ3v) is 8.22. The molecule has 0 amide bonds. The van der Waals surface area contributed by atoms with Crippen LogP contribution in [0.1, 0.15) is 222 Å². The average molecular weight is 595 g/mol. The van der Waals surface area contributed by atoms with Crippen LogP contribution in [-0.2, 0) is 14.6 Å². The summed E-state index contributed by atoms with van der Waals surface area (Å²) in [7, 11) is 0. The molecule has 0 aliphatic heterocycles. The van der Waals surface area contributed by atoms with E-state index in [2.05, 4.69) is 13.8 Å². The van der Waals surface area contributed by atoms with E-state index in [0.717, 1.165) is 19.3 Å². The molecule has 0 rings (SSSR count). The van der Waals surface area contributed by atoms with E-state index in [1.165, 1.54) is 180 Å². The molecule has 3 nitrogen and oxygen atoms in total. The Hall–Kier alpha value is 0.690. The van der Waals surface area contributed by atoms with Gasteiger partial charge in [-0.3, -0.25) is 4.89 Å². The number of carbonyl (C=O) groups is 1. The van der Waals surface area contributed by atoms with Crippen molar-refractivity contribution in [3.05, 3.63) is 0 Å². The summed E-state index contributed by atoms with van der Waals surface area (Å²) in [5.74, 6) is -0.193. The Bertz CT molecular complexity index is 469. The van der Waals surface area contributed by atoms with Gasteiger partial charge < -0.3 is 2.85 Å². The number of rotatable bonds is 34. The average Bonchev–Trinajstić information content (AvgIpc) is 2.94. The van der Waals surface area contributed by atoms with E-state index < -0.39 is 0 Å². The quantitative estimate of drug-likeness (QED) is 0.0322. The van der Waals surface area contributed by atoms with Gasteiger partial charge in [-0.05, 0) is 12.8 Å². The maximum atomic E-state index is 11.8. The Balaban J connectivity index is -0.00000241. The van der Waals surface area contributed by atoms with Crippen molar-refractivity contribution in [1.82, 2.24) is 0 Å². The monoisotopic (exact) mass is 595 g/mol. The van der Waals surface area contributed by atoms with Crippen molar-refractivity contribution >= 4 is 43.7 Å². The maximum absolute atomic E-state index is 11.8. The van der Waals surface area contributed by atoms with Crippen molar-refractivity contribution in [2.75, 3.05) is 6.61 Å². The number of unbranched alkanes of at least 4 members (excludes halogenated alkanes) is 29. The first-order valence-corrected chi connectivity index (χ1v) is 18.1. The molecule has 0 radical (unpaired) electrons. The predicted octanol–water partition coefficient (Wildman–Crippen LogP) is 12.8. The van der Waals surface area contributed by atoms with Gasteiger partial charge in [-0.25, -0.2) is 4.79 Å². The molecular weight excluding hydrogens is 520 g/mol. The van der Waals surface area contributed by atoms with Gasteiger partial charge in [-0.2, -0.15) is 4.89 Å². The summed E-state index contributed by atoms with van der Waals surface area (Å²) in [6, 6.07) is 0. The van der Waals surface area contributed by atoms with E-state index in [0.29, 0.717) is 13.0 Å². The summed E-state index contributed by atoms with van der Waals surface area (Å²) in [6.45, 7) is 5.12. The topological polar surface area (TPSA) is 35.5 Å². The van der Waals surface area contributed by atoms with Crippen molar-refractivity contribution in [3.8, 4) is 0 Å². The maximum Gasteiger partial charge on any atom is 2.00 e. The molecule has 0 spiro atoms. The summed E-state index contributed by atoms with van der Waals surface area (Å²) < 4.78 is 0. The van der Waals surface area contributed by atoms with E-state index in [1.54, 1.807) is 0 Å². The molecule has 0 unspecified atom stereocenters. The largest absolute Gasteiger partial charge is 2.00 e. The zero-order chi connectivity index (χ0) is 28.3. The van der Waals surface area contributed by atoms with Crippen molar-refractivity contribution in [2.24, 2.45) is 0 Å². The van der Waals surface area contributed by atoms with Crippen LogP contribution in [0, 0.1) is 0 Å². The molecule has 0 aromatic rings. The fourth-order valence-corrected chi connectivity index (χ4v) is 5.50. The van der Waals surface area contributed by atoms with E-state index in [4.69, 9.17) is 9.78 Å². The third kappa shape index (κ3) is 38.7. The van der Waals surface area contributed by atoms with Crippen molar-refractivity contribution < 1.29 is 17.4 Å². The molecule has 0 saturated heterocycles. The van der Waals surface area contributed by atoms with E-state index >= 15 is 0 Å². The second-order valence-electron chi connectivity index (χ2n) is 12.3. The minimum absolute atomic E-state index is 0. The Labute approximate surface area is 285 Å². The van der Waals surface area contributed by atoms with Crippen LogP contribution in [0.3, 0.4) is 0 Å². The molecule has 0 aromatic carbocycles. The van der Waals surface area contributed by atoms with Crippen molar-refractivity contribution in [2.45, 2.75) is 219 Å². The molecule has 0 heterocycles. The minimum Gasteiger partial charge on any atom is -1.00 e. The summed E-state index contributed by atoms with van der Waals surface area (Å²) in [4.78, 5) is 21.9. The molecule has 0 aliphatic rings. The fraction of sp³-hybridized carbons (Fsp3) is 0.972. The normalized spacial score (nSPS) is 11.1. The summed E-state index contributed by atoms with van der Waals surface area (Å²) >= 11 is 0. The number of hydrogen-bond donors (Lipinski definition) is 0. The predicted molar refractivity (Wildman–Crippen MR) is 179 cm³/mol. The zero-order valence-corrected chi connectivity index (χ0v) is 30.0. The minimum atomic E-state index is -0.193. The van der Waals surface area contributed by atoms with Gasteiger partial charge >= 0.3 is 43.7 Å². The molecule has 0 N–H and O–H groups in total. The van der Waals surface area contributed by atoms with Crippen LogP contribution in [0.15, 0.2) is 0 Å². The van der Waals surface area contributed by atoms with Crippen LogP contribution < -0.4 is 0 Å². The summed E-state index contributed by atoms with van der Waals surface area (Å²) in [5.41, 5.74) is 0. The SMILES string of the molecule is CCCCCCCCCCCCCCCCCCOOC(=O)CCCCCCCCCCCCCCCCC.[Ca+2].[H-].[H-]. The molecule has 238 valence electrons. The number of carbonyl (C=O) groups excluding carboxylic acids is 1. The Morgan fingerprint density at radius 2 is 0.650 bits per heavy atom. The van der Waals surface area contributed by atoms with Crippen LogP contribution in [0.2, 0.25) is 0 Å². The Morgan fingerprint density at radius 1 is 0.400 bits per heavy atom. The van der Waals surface area contributed by atoms with E-state index in [1.807, 2.05) is 0 Å². The first-order chi connectivity index (χ1) is 19.3. The number of hydrogen-bond acceptors (Lipinski definition) is 3. The van der Waals surface area contributed by atoms with Gasteiger partial charge in [0.05, 0.1) is 6.61 Å². The molecule has 40 heavy (non-hydrogen) atoms. The van der Waals surface area contributed by atoms with Crippen LogP contribution in [0.5, 0.6) is 0 Å². The van der Waals surface area contributed by atoms with Crippen molar-refractivity contribution in [3.63, 3.8) is 0 Å². The fourth-order valence-electron chi connectivity index (χ4n) is 5.50. The standard InChI is InChI=1S/C36H72O3.Ca.2H/c1-3-5-7-9-11-13-15-17-19-21-23-25-27-29-31-33-35-38-39-36(37)34-32-30-28-26-24-22-20-18-16-14-12-10-8-6-4-2;;;/h3-35H2,1-2H3;;;/q;+2;2*-1. The summed E-state index contributed by atoms with van der Waals surface area (Å²) in [6.07, 6.45) is 42.4. The molecule has 0 aromatic heterocycles. The van der Waals surface area contributed by atoms with E-state index in [9.17, 15) is 4.79 Å². The zero-order valence-electron chi connectivity index (χ0n) is 29.8. The van der Waals surface area contributed by atoms with Gasteiger partial charge in [0, 0.05) is 6.42 Å². The molecule has 0 bridgehead atoms. The van der Waals surface area contributed by atoms with Crippen molar-refractivity contribution in [1.29, 1.82) is 0 Å². The Kier molecular flexibility index (Phi) is 42.5. The second kappa shape index (κ2) is 39.7. The molecule has 0 fully saturated rings. The Morgan fingerprint density at radius 3 is 0.950 bits per heavy atom. The summed E-state index contributed by atoms with van der Waals surface area (Å²) in [5, 5.41) is 0. The molecule has 4 heteroatoms. The van der Waals surface area contributed by atoms with Gasteiger partial charge in [0.2, 0.25) is 0 Å². The van der Waals surface area contributed by atoms with Gasteiger partial charge in [0.15, 0.2) is 0 Å². The molecule has 0 saturated carbocycles. The first-order valence-electron chi connectivity index (χ1n) is 18.1. The smallest absolute Gasteiger partial charge is 1.00 e. The van der Waals surface area contributed by atoms with Gasteiger partial charge in [0.25, 0.3) is 0 Å². The van der Waals surface area contributed by atoms with Gasteiger partial charge in [0.1, 0.15) is 0 Å². The van der Waals surface area contributed by atoms with Gasteiger partial charge in [-0.15, -0.1) is 0 Å².